The lowest BCUT2D eigenvalue weighted by molar-refractivity contribution is -0.121. The largest absolute Gasteiger partial charge is 0.323 e. The Morgan fingerprint density at radius 1 is 1.29 bits per heavy atom. The number of hydrogen-bond donors (Lipinski definition) is 1. The summed E-state index contributed by atoms with van der Waals surface area (Å²) in [5.41, 5.74) is 0.607. The molecule has 0 saturated carbocycles. The van der Waals surface area contributed by atoms with E-state index in [1.165, 1.54) is 6.42 Å². The summed E-state index contributed by atoms with van der Waals surface area (Å²) in [4.78, 5) is 14.7. The highest BCUT2D eigenvalue weighted by atomic mass is 35.5. The van der Waals surface area contributed by atoms with Crippen LogP contribution in [0.1, 0.15) is 27.2 Å². The molecule has 5 heteroatoms. The van der Waals surface area contributed by atoms with Crippen molar-refractivity contribution in [3.05, 3.63) is 28.2 Å². The second-order valence-corrected chi connectivity index (χ2v) is 7.03. The summed E-state index contributed by atoms with van der Waals surface area (Å²) in [6, 6.07) is 4.92. The zero-order valence-electron chi connectivity index (χ0n) is 12.7. The number of carbonyl (C=O) groups is 1. The number of nitrogens with zero attached hydrogens (tertiary/aromatic N) is 1. The summed E-state index contributed by atoms with van der Waals surface area (Å²) in [7, 11) is 0. The van der Waals surface area contributed by atoms with E-state index in [9.17, 15) is 4.79 Å². The van der Waals surface area contributed by atoms with Gasteiger partial charge in [-0.25, -0.2) is 0 Å². The zero-order valence-corrected chi connectivity index (χ0v) is 14.2. The molecule has 116 valence electrons. The van der Waals surface area contributed by atoms with Gasteiger partial charge in [0.05, 0.1) is 16.8 Å². The first-order chi connectivity index (χ1) is 9.86. The molecule has 0 bridgehead atoms. The Kier molecular flexibility index (Phi) is 5.53. The van der Waals surface area contributed by atoms with Gasteiger partial charge in [-0.1, -0.05) is 37.0 Å². The van der Waals surface area contributed by atoms with Gasteiger partial charge in [0.1, 0.15) is 0 Å². The minimum absolute atomic E-state index is 0.0273. The van der Waals surface area contributed by atoms with Gasteiger partial charge in [-0.2, -0.15) is 0 Å². The fourth-order valence-corrected chi connectivity index (χ4v) is 3.48. The summed E-state index contributed by atoms with van der Waals surface area (Å²) in [6.07, 6.45) is 1.23. The van der Waals surface area contributed by atoms with E-state index in [2.05, 4.69) is 24.1 Å². The third-order valence-corrected chi connectivity index (χ3v) is 4.56. The summed E-state index contributed by atoms with van der Waals surface area (Å²) >= 11 is 12.0. The van der Waals surface area contributed by atoms with Crippen molar-refractivity contribution >= 4 is 34.8 Å². The predicted octanol–water partition coefficient (Wildman–Crippen LogP) is 4.30. The van der Waals surface area contributed by atoms with Crippen LogP contribution in [0.3, 0.4) is 0 Å². The van der Waals surface area contributed by atoms with Crippen LogP contribution < -0.4 is 5.32 Å². The summed E-state index contributed by atoms with van der Waals surface area (Å²) < 4.78 is 0. The minimum atomic E-state index is -0.165. The molecule has 1 aliphatic heterocycles. The van der Waals surface area contributed by atoms with Crippen molar-refractivity contribution in [2.75, 3.05) is 18.4 Å². The molecule has 1 aromatic rings. The predicted molar refractivity (Wildman–Crippen MR) is 89.1 cm³/mol. The summed E-state index contributed by atoms with van der Waals surface area (Å²) in [5, 5.41) is 3.91. The number of halogens is 2. The van der Waals surface area contributed by atoms with E-state index in [1.807, 2.05) is 6.92 Å². The molecule has 2 rings (SSSR count). The van der Waals surface area contributed by atoms with Crippen LogP contribution in [-0.4, -0.2) is 29.9 Å². The highest BCUT2D eigenvalue weighted by Crippen LogP contribution is 2.27. The first-order valence-electron chi connectivity index (χ1n) is 7.36. The van der Waals surface area contributed by atoms with E-state index in [4.69, 9.17) is 23.2 Å². The Hall–Kier alpha value is -0.770. The Morgan fingerprint density at radius 3 is 2.48 bits per heavy atom. The van der Waals surface area contributed by atoms with Crippen LogP contribution in [0.15, 0.2) is 18.2 Å². The first-order valence-corrected chi connectivity index (χ1v) is 8.12. The normalized spacial score (nSPS) is 24.6. The van der Waals surface area contributed by atoms with Gasteiger partial charge >= 0.3 is 0 Å². The summed E-state index contributed by atoms with van der Waals surface area (Å²) in [6.45, 7) is 8.36. The molecule has 21 heavy (non-hydrogen) atoms. The van der Waals surface area contributed by atoms with Gasteiger partial charge < -0.3 is 5.32 Å². The van der Waals surface area contributed by atoms with Crippen LogP contribution in [0.4, 0.5) is 5.69 Å². The average molecular weight is 329 g/mol. The molecule has 1 saturated heterocycles. The van der Waals surface area contributed by atoms with E-state index in [1.54, 1.807) is 18.2 Å². The van der Waals surface area contributed by atoms with Crippen LogP contribution in [0, 0.1) is 11.8 Å². The van der Waals surface area contributed by atoms with Crippen LogP contribution in [0.25, 0.3) is 0 Å². The second kappa shape index (κ2) is 6.99. The Balaban J connectivity index is 2.02. The van der Waals surface area contributed by atoms with Crippen molar-refractivity contribution in [1.82, 2.24) is 4.90 Å². The Labute approximate surface area is 136 Å². The molecule has 3 atom stereocenters. The number of nitrogens with one attached hydrogen (secondary N) is 1. The molecule has 3 nitrogen and oxygen atoms in total. The smallest absolute Gasteiger partial charge is 0.241 e. The van der Waals surface area contributed by atoms with Crippen LogP contribution in [0.5, 0.6) is 0 Å². The lowest BCUT2D eigenvalue weighted by Crippen LogP contribution is -2.48. The second-order valence-electron chi connectivity index (χ2n) is 6.19. The van der Waals surface area contributed by atoms with E-state index < -0.39 is 0 Å². The monoisotopic (exact) mass is 328 g/mol. The topological polar surface area (TPSA) is 32.3 Å². The van der Waals surface area contributed by atoms with E-state index >= 15 is 0 Å². The van der Waals surface area contributed by atoms with E-state index in [0.717, 1.165) is 13.1 Å². The lowest BCUT2D eigenvalue weighted by atomic mass is 9.91. The molecule has 1 N–H and O–H groups in total. The minimum Gasteiger partial charge on any atom is -0.323 e. The molecule has 0 aromatic heterocycles. The number of hydrogen-bond acceptors (Lipinski definition) is 2. The Morgan fingerprint density at radius 2 is 1.90 bits per heavy atom. The zero-order chi connectivity index (χ0) is 15.6. The number of piperidine rings is 1. The van der Waals surface area contributed by atoms with Gasteiger partial charge in [-0.15, -0.1) is 0 Å². The fourth-order valence-electron chi connectivity index (χ4n) is 3.02. The van der Waals surface area contributed by atoms with Crippen LogP contribution in [-0.2, 0) is 4.79 Å². The third kappa shape index (κ3) is 4.35. The molecular formula is C16H22Cl2N2O. The van der Waals surface area contributed by atoms with Crippen molar-refractivity contribution in [3.8, 4) is 0 Å². The van der Waals surface area contributed by atoms with Gasteiger partial charge in [0.2, 0.25) is 5.91 Å². The number of rotatable bonds is 3. The number of benzene rings is 1. The molecular weight excluding hydrogens is 307 g/mol. The number of anilines is 1. The maximum atomic E-state index is 12.4. The van der Waals surface area contributed by atoms with Crippen molar-refractivity contribution in [3.63, 3.8) is 0 Å². The maximum absolute atomic E-state index is 12.4. The highest BCUT2D eigenvalue weighted by Gasteiger charge is 2.28. The SMILES string of the molecule is C[C@@H]1C[C@@H](C)CN([C@@H](C)C(=O)Nc2ccc(Cl)cc2Cl)C1. The van der Waals surface area contributed by atoms with Gasteiger partial charge in [-0.3, -0.25) is 9.69 Å². The van der Waals surface area contributed by atoms with Crippen molar-refractivity contribution in [1.29, 1.82) is 0 Å². The average Bonchev–Trinajstić information content (AvgIpc) is 2.40. The van der Waals surface area contributed by atoms with E-state index in [0.29, 0.717) is 27.6 Å². The molecule has 1 aromatic carbocycles. The first kappa shape index (κ1) is 16.6. The van der Waals surface area contributed by atoms with E-state index in [-0.39, 0.29) is 11.9 Å². The van der Waals surface area contributed by atoms with Gasteiger partial charge in [-0.05, 0) is 43.4 Å². The standard InChI is InChI=1S/C16H22Cl2N2O/c1-10-6-11(2)9-20(8-10)12(3)16(21)19-15-5-4-13(17)7-14(15)18/h4-5,7,10-12H,6,8-9H2,1-3H3,(H,19,21)/t10-,11-,12+/m1/s1. The van der Waals surface area contributed by atoms with Gasteiger partial charge in [0.15, 0.2) is 0 Å². The molecule has 1 fully saturated rings. The molecule has 0 radical (unpaired) electrons. The molecule has 0 aliphatic carbocycles. The molecule has 1 aliphatic rings. The number of likely N-dealkylation sites (tertiary alicyclic amines) is 1. The quantitative estimate of drug-likeness (QED) is 0.897. The Bertz CT molecular complexity index is 511. The molecule has 0 spiro atoms. The fraction of sp³-hybridized carbons (Fsp3) is 0.562. The number of carbonyl (C=O) groups excluding carboxylic acids is 1. The molecule has 1 amide bonds. The third-order valence-electron chi connectivity index (χ3n) is 4.01. The van der Waals surface area contributed by atoms with Crippen molar-refractivity contribution in [2.45, 2.75) is 33.2 Å². The molecule has 0 unspecified atom stereocenters. The highest BCUT2D eigenvalue weighted by molar-refractivity contribution is 6.36. The van der Waals surface area contributed by atoms with Crippen LogP contribution >= 0.6 is 23.2 Å². The molecule has 1 heterocycles. The van der Waals surface area contributed by atoms with Gasteiger partial charge in [0, 0.05) is 18.1 Å². The summed E-state index contributed by atoms with van der Waals surface area (Å²) in [5.74, 6) is 1.23. The maximum Gasteiger partial charge on any atom is 0.241 e. The number of amides is 1. The van der Waals surface area contributed by atoms with Crippen molar-refractivity contribution < 1.29 is 4.79 Å². The van der Waals surface area contributed by atoms with Gasteiger partial charge in [0.25, 0.3) is 0 Å². The van der Waals surface area contributed by atoms with Crippen molar-refractivity contribution in [2.24, 2.45) is 11.8 Å². The van der Waals surface area contributed by atoms with Crippen LogP contribution in [0.2, 0.25) is 10.0 Å². The lowest BCUT2D eigenvalue weighted by Gasteiger charge is -2.38.